The van der Waals surface area contributed by atoms with Crippen LogP contribution in [0.2, 0.25) is 10.0 Å². The fourth-order valence-electron chi connectivity index (χ4n) is 3.19. The molecule has 134 valence electrons. The molecular formula is C18H22Cl2N4O. The highest BCUT2D eigenvalue weighted by Gasteiger charge is 2.20. The highest BCUT2D eigenvalue weighted by atomic mass is 35.5. The molecule has 0 amide bonds. The van der Waals surface area contributed by atoms with Gasteiger partial charge in [0.15, 0.2) is 0 Å². The maximum Gasteiger partial charge on any atom is 0.292 e. The first-order valence-electron chi connectivity index (χ1n) is 8.39. The number of rotatable bonds is 4. The smallest absolute Gasteiger partial charge is 0.292 e. The number of aromatic nitrogens is 2. The van der Waals surface area contributed by atoms with Gasteiger partial charge in [0.2, 0.25) is 0 Å². The van der Waals surface area contributed by atoms with E-state index in [4.69, 9.17) is 23.2 Å². The van der Waals surface area contributed by atoms with Gasteiger partial charge in [0, 0.05) is 18.6 Å². The fraction of sp³-hybridized carbons (Fsp3) is 0.444. The Morgan fingerprint density at radius 2 is 1.84 bits per heavy atom. The predicted octanol–water partition coefficient (Wildman–Crippen LogP) is 3.32. The van der Waals surface area contributed by atoms with E-state index in [0.717, 1.165) is 32.5 Å². The number of hydrogen-bond acceptors (Lipinski definition) is 4. The average Bonchev–Trinajstić information content (AvgIpc) is 2.60. The summed E-state index contributed by atoms with van der Waals surface area (Å²) in [6, 6.07) is 6.93. The van der Waals surface area contributed by atoms with Crippen LogP contribution >= 0.6 is 23.2 Å². The molecule has 5 nitrogen and oxygen atoms in total. The van der Waals surface area contributed by atoms with Crippen molar-refractivity contribution in [3.63, 3.8) is 0 Å². The molecule has 7 heteroatoms. The number of piperidine rings is 1. The molecule has 0 radical (unpaired) electrons. The minimum atomic E-state index is -0.322. The van der Waals surface area contributed by atoms with Gasteiger partial charge >= 0.3 is 0 Å². The first-order valence-corrected chi connectivity index (χ1v) is 9.14. The quantitative estimate of drug-likeness (QED) is 0.815. The third-order valence-electron chi connectivity index (χ3n) is 4.75. The second-order valence-electron chi connectivity index (χ2n) is 6.66. The zero-order valence-electron chi connectivity index (χ0n) is 14.5. The molecule has 0 aliphatic carbocycles. The maximum absolute atomic E-state index is 12.6. The Hall–Kier alpha value is -1.56. The van der Waals surface area contributed by atoms with E-state index in [9.17, 15) is 4.79 Å². The van der Waals surface area contributed by atoms with E-state index < -0.39 is 0 Å². The number of nitrogens with zero attached hydrogens (tertiary/aromatic N) is 4. The lowest BCUT2D eigenvalue weighted by Gasteiger charge is -2.32. The number of anilines is 1. The lowest BCUT2D eigenvalue weighted by Crippen LogP contribution is -2.36. The van der Waals surface area contributed by atoms with Gasteiger partial charge in [-0.15, -0.1) is 0 Å². The van der Waals surface area contributed by atoms with Gasteiger partial charge in [-0.3, -0.25) is 4.79 Å². The van der Waals surface area contributed by atoms with E-state index in [1.165, 1.54) is 4.68 Å². The number of hydrogen-bond donors (Lipinski definition) is 0. The molecule has 0 spiro atoms. The van der Waals surface area contributed by atoms with Crippen LogP contribution in [0.15, 0.2) is 35.3 Å². The van der Waals surface area contributed by atoms with E-state index in [1.54, 1.807) is 30.5 Å². The first kappa shape index (κ1) is 18.2. The number of likely N-dealkylation sites (tertiary alicyclic amines) is 1. The second-order valence-corrected chi connectivity index (χ2v) is 7.48. The monoisotopic (exact) mass is 380 g/mol. The molecule has 1 aliphatic rings. The molecule has 1 fully saturated rings. The highest BCUT2D eigenvalue weighted by molar-refractivity contribution is 6.33. The van der Waals surface area contributed by atoms with E-state index in [-0.39, 0.29) is 10.6 Å². The maximum atomic E-state index is 12.6. The van der Waals surface area contributed by atoms with Gasteiger partial charge in [0.05, 0.1) is 17.6 Å². The van der Waals surface area contributed by atoms with Crippen LogP contribution in [0.4, 0.5) is 5.69 Å². The standard InChI is InChI=1S/C18H22Cl2N4O/c1-22-9-7-13(8-10-22)12-23(2)16-11-21-24(18(25)17(16)20)15-5-3-14(19)4-6-15/h3-6,11,13H,7-10,12H2,1-2H3. The number of halogens is 2. The predicted molar refractivity (Wildman–Crippen MR) is 103 cm³/mol. The molecule has 0 bridgehead atoms. The molecule has 3 rings (SSSR count). The lowest BCUT2D eigenvalue weighted by atomic mass is 9.96. The van der Waals surface area contributed by atoms with E-state index in [2.05, 4.69) is 17.0 Å². The zero-order chi connectivity index (χ0) is 18.0. The molecule has 0 atom stereocenters. The molecule has 1 aliphatic heterocycles. The summed E-state index contributed by atoms with van der Waals surface area (Å²) in [5.74, 6) is 0.607. The molecule has 2 aromatic rings. The van der Waals surface area contributed by atoms with Crippen molar-refractivity contribution in [3.8, 4) is 5.69 Å². The summed E-state index contributed by atoms with van der Waals surface area (Å²) in [6.07, 6.45) is 3.98. The molecule has 1 saturated heterocycles. The van der Waals surface area contributed by atoms with Gasteiger partial charge < -0.3 is 9.80 Å². The third-order valence-corrected chi connectivity index (χ3v) is 5.36. The Bertz CT molecular complexity index is 783. The van der Waals surface area contributed by atoms with E-state index in [0.29, 0.717) is 22.3 Å². The minimum absolute atomic E-state index is 0.195. The van der Waals surface area contributed by atoms with Crippen molar-refractivity contribution in [2.45, 2.75) is 12.8 Å². The van der Waals surface area contributed by atoms with Gasteiger partial charge in [-0.25, -0.2) is 0 Å². The van der Waals surface area contributed by atoms with Gasteiger partial charge in [-0.05, 0) is 63.2 Å². The van der Waals surface area contributed by atoms with Crippen molar-refractivity contribution in [2.24, 2.45) is 5.92 Å². The van der Waals surface area contributed by atoms with Crippen molar-refractivity contribution in [1.82, 2.24) is 14.7 Å². The second kappa shape index (κ2) is 7.77. The summed E-state index contributed by atoms with van der Waals surface area (Å²) < 4.78 is 1.30. The molecule has 0 saturated carbocycles. The molecule has 25 heavy (non-hydrogen) atoms. The minimum Gasteiger partial charge on any atom is -0.372 e. The zero-order valence-corrected chi connectivity index (χ0v) is 16.0. The summed E-state index contributed by atoms with van der Waals surface area (Å²) >= 11 is 12.3. The Labute approximate surface area is 157 Å². The third kappa shape index (κ3) is 4.17. The molecule has 2 heterocycles. The average molecular weight is 381 g/mol. The Morgan fingerprint density at radius 3 is 2.48 bits per heavy atom. The van der Waals surface area contributed by atoms with Crippen molar-refractivity contribution < 1.29 is 0 Å². The van der Waals surface area contributed by atoms with Crippen molar-refractivity contribution in [1.29, 1.82) is 0 Å². The summed E-state index contributed by atoms with van der Waals surface area (Å²) in [6.45, 7) is 3.10. The Morgan fingerprint density at radius 1 is 1.20 bits per heavy atom. The van der Waals surface area contributed by atoms with Crippen molar-refractivity contribution >= 4 is 28.9 Å². The fourth-order valence-corrected chi connectivity index (χ4v) is 3.59. The van der Waals surface area contributed by atoms with Crippen LogP contribution in [-0.2, 0) is 0 Å². The Kier molecular flexibility index (Phi) is 5.67. The molecule has 0 unspecified atom stereocenters. The molecule has 1 aromatic carbocycles. The summed E-state index contributed by atoms with van der Waals surface area (Å²) in [4.78, 5) is 17.0. The molecule has 0 N–H and O–H groups in total. The molecular weight excluding hydrogens is 359 g/mol. The van der Waals surface area contributed by atoms with Crippen LogP contribution < -0.4 is 10.5 Å². The first-order chi connectivity index (χ1) is 12.0. The van der Waals surface area contributed by atoms with Crippen LogP contribution in [0.1, 0.15) is 12.8 Å². The lowest BCUT2D eigenvalue weighted by molar-refractivity contribution is 0.222. The van der Waals surface area contributed by atoms with Gasteiger partial charge in [-0.1, -0.05) is 23.2 Å². The van der Waals surface area contributed by atoms with Gasteiger partial charge in [0.1, 0.15) is 5.02 Å². The topological polar surface area (TPSA) is 41.4 Å². The summed E-state index contributed by atoms with van der Waals surface area (Å²) in [5.41, 5.74) is 0.994. The summed E-state index contributed by atoms with van der Waals surface area (Å²) in [7, 11) is 4.12. The number of benzene rings is 1. The summed E-state index contributed by atoms with van der Waals surface area (Å²) in [5, 5.41) is 5.10. The van der Waals surface area contributed by atoms with Crippen LogP contribution in [-0.4, -0.2) is 48.4 Å². The van der Waals surface area contributed by atoms with E-state index in [1.807, 2.05) is 11.9 Å². The van der Waals surface area contributed by atoms with Crippen LogP contribution in [0.25, 0.3) is 5.69 Å². The normalized spacial score (nSPS) is 16.2. The van der Waals surface area contributed by atoms with Crippen LogP contribution in [0.3, 0.4) is 0 Å². The molecule has 1 aromatic heterocycles. The van der Waals surface area contributed by atoms with Crippen LogP contribution in [0.5, 0.6) is 0 Å². The van der Waals surface area contributed by atoms with Gasteiger partial charge in [0.25, 0.3) is 5.56 Å². The Balaban J connectivity index is 1.80. The largest absolute Gasteiger partial charge is 0.372 e. The van der Waals surface area contributed by atoms with Gasteiger partial charge in [-0.2, -0.15) is 9.78 Å². The highest BCUT2D eigenvalue weighted by Crippen LogP contribution is 2.24. The van der Waals surface area contributed by atoms with Crippen molar-refractivity contribution in [3.05, 3.63) is 50.9 Å². The SMILES string of the molecule is CN1CCC(CN(C)c2cnn(-c3ccc(Cl)cc3)c(=O)c2Cl)CC1. The van der Waals surface area contributed by atoms with Crippen molar-refractivity contribution in [2.75, 3.05) is 38.6 Å². The van der Waals surface area contributed by atoms with E-state index >= 15 is 0 Å². The van der Waals surface area contributed by atoms with Crippen LogP contribution in [0, 0.1) is 5.92 Å².